The zero-order chi connectivity index (χ0) is 26.2. The third-order valence-electron chi connectivity index (χ3n) is 5.71. The number of Topliss-reactive ketones (excluding diaryl/α,β-unsaturated/α-hetero) is 1. The van der Waals surface area contributed by atoms with Crippen molar-refractivity contribution in [1.29, 1.82) is 0 Å². The highest BCUT2D eigenvalue weighted by molar-refractivity contribution is 6.33. The van der Waals surface area contributed by atoms with Crippen LogP contribution in [0, 0.1) is 20.8 Å². The van der Waals surface area contributed by atoms with Gasteiger partial charge in [-0.2, -0.15) is 18.3 Å². The molecule has 0 amide bonds. The Morgan fingerprint density at radius 3 is 2.31 bits per heavy atom. The van der Waals surface area contributed by atoms with E-state index in [2.05, 4.69) is 5.10 Å². The average molecular weight is 516 g/mol. The Hall–Kier alpha value is -3.85. The number of carbonyl (C=O) groups is 2. The van der Waals surface area contributed by atoms with Crippen molar-refractivity contribution in [1.82, 2.24) is 14.3 Å². The van der Waals surface area contributed by atoms with Crippen LogP contribution in [-0.2, 0) is 10.9 Å². The van der Waals surface area contributed by atoms with Crippen LogP contribution in [0.25, 0.3) is 11.4 Å². The molecule has 2 heterocycles. The molecule has 0 saturated carbocycles. The first-order chi connectivity index (χ1) is 17.0. The van der Waals surface area contributed by atoms with E-state index in [1.807, 2.05) is 6.07 Å². The van der Waals surface area contributed by atoms with E-state index in [1.165, 1.54) is 16.8 Å². The van der Waals surface area contributed by atoms with E-state index in [0.717, 1.165) is 12.1 Å². The fraction of sp³-hybridized carbons (Fsp3) is 0.192. The van der Waals surface area contributed by atoms with E-state index in [1.54, 1.807) is 55.7 Å². The number of alkyl halides is 3. The topological polar surface area (TPSA) is 66.1 Å². The molecule has 0 aliphatic heterocycles. The molecule has 2 aromatic heterocycles. The number of nitrogens with zero attached hydrogens (tertiary/aromatic N) is 3. The van der Waals surface area contributed by atoms with Gasteiger partial charge in [-0.1, -0.05) is 35.9 Å². The Morgan fingerprint density at radius 1 is 0.972 bits per heavy atom. The van der Waals surface area contributed by atoms with Gasteiger partial charge in [-0.25, -0.2) is 9.48 Å². The summed E-state index contributed by atoms with van der Waals surface area (Å²) >= 11 is 6.38. The average Bonchev–Trinajstić information content (AvgIpc) is 3.31. The number of hydrogen-bond donors (Lipinski definition) is 0. The second kappa shape index (κ2) is 9.66. The Bertz CT molecular complexity index is 1460. The molecule has 0 unspecified atom stereocenters. The summed E-state index contributed by atoms with van der Waals surface area (Å²) in [4.78, 5) is 25.6. The fourth-order valence-corrected chi connectivity index (χ4v) is 4.37. The van der Waals surface area contributed by atoms with Crippen molar-refractivity contribution in [2.45, 2.75) is 26.9 Å². The number of para-hydroxylation sites is 1. The van der Waals surface area contributed by atoms with Gasteiger partial charge in [0.25, 0.3) is 0 Å². The third-order valence-corrected chi connectivity index (χ3v) is 6.06. The quantitative estimate of drug-likeness (QED) is 0.223. The smallest absolute Gasteiger partial charge is 0.416 e. The van der Waals surface area contributed by atoms with Crippen LogP contribution in [0.3, 0.4) is 0 Å². The summed E-state index contributed by atoms with van der Waals surface area (Å²) in [7, 11) is 0. The number of ether oxygens (including phenoxy) is 1. The Labute approximate surface area is 209 Å². The van der Waals surface area contributed by atoms with Crippen LogP contribution < -0.4 is 0 Å². The Balaban J connectivity index is 1.54. The summed E-state index contributed by atoms with van der Waals surface area (Å²) in [5, 5.41) is 4.34. The summed E-state index contributed by atoms with van der Waals surface area (Å²) in [5.74, 6) is -1.31. The normalized spacial score (nSPS) is 11.5. The predicted molar refractivity (Wildman–Crippen MR) is 128 cm³/mol. The van der Waals surface area contributed by atoms with Gasteiger partial charge >= 0.3 is 12.1 Å². The number of carbonyl (C=O) groups excluding carboxylic acids is 2. The fourth-order valence-electron chi connectivity index (χ4n) is 4.02. The van der Waals surface area contributed by atoms with Crippen LogP contribution in [-0.4, -0.2) is 32.7 Å². The van der Waals surface area contributed by atoms with Crippen molar-refractivity contribution in [3.8, 4) is 11.4 Å². The zero-order valence-corrected chi connectivity index (χ0v) is 20.3. The second-order valence-corrected chi connectivity index (χ2v) is 8.52. The SMILES string of the molecule is Cc1nn(-c2ccccc2)c(Cl)c1C(=O)OCC(=O)c1cc(C)n(-c2cccc(C(F)(F)F)c2)c1C. The standard InChI is InChI=1S/C26H21ClF3N3O3/c1-15-12-21(17(3)32(15)20-11-7-8-18(13-20)26(28,29)30)22(34)14-36-25(35)23-16(2)31-33(24(23)27)19-9-5-4-6-10-19/h4-13H,14H2,1-3H3. The molecule has 0 spiro atoms. The second-order valence-electron chi connectivity index (χ2n) is 8.17. The van der Waals surface area contributed by atoms with Gasteiger partial charge in [0.1, 0.15) is 10.7 Å². The summed E-state index contributed by atoms with van der Waals surface area (Å²) < 4.78 is 47.7. The molecule has 0 radical (unpaired) electrons. The Kier molecular flexibility index (Phi) is 6.77. The van der Waals surface area contributed by atoms with Crippen molar-refractivity contribution in [3.05, 3.63) is 99.6 Å². The van der Waals surface area contributed by atoms with E-state index in [4.69, 9.17) is 16.3 Å². The minimum absolute atomic E-state index is 0.0442. The van der Waals surface area contributed by atoms with E-state index in [0.29, 0.717) is 22.8 Å². The van der Waals surface area contributed by atoms with Gasteiger partial charge in [0.2, 0.25) is 5.78 Å². The van der Waals surface area contributed by atoms with Gasteiger partial charge in [0, 0.05) is 22.6 Å². The van der Waals surface area contributed by atoms with Crippen molar-refractivity contribution in [2.75, 3.05) is 6.61 Å². The lowest BCUT2D eigenvalue weighted by Crippen LogP contribution is -2.15. The Morgan fingerprint density at radius 2 is 1.64 bits per heavy atom. The maximum atomic E-state index is 13.2. The zero-order valence-electron chi connectivity index (χ0n) is 19.6. The number of esters is 1. The predicted octanol–water partition coefficient (Wildman–Crippen LogP) is 6.30. The molecule has 0 aliphatic rings. The van der Waals surface area contributed by atoms with Crippen LogP contribution in [0.4, 0.5) is 13.2 Å². The highest BCUT2D eigenvalue weighted by atomic mass is 35.5. The number of hydrogen-bond acceptors (Lipinski definition) is 4. The maximum absolute atomic E-state index is 13.2. The summed E-state index contributed by atoms with van der Waals surface area (Å²) in [6, 6.07) is 15.4. The highest BCUT2D eigenvalue weighted by Gasteiger charge is 2.31. The molecule has 4 aromatic rings. The molecule has 186 valence electrons. The van der Waals surface area contributed by atoms with Crippen LogP contribution >= 0.6 is 11.6 Å². The number of halogens is 4. The molecule has 0 N–H and O–H groups in total. The largest absolute Gasteiger partial charge is 0.454 e. The lowest BCUT2D eigenvalue weighted by atomic mass is 10.1. The third kappa shape index (κ3) is 4.79. The lowest BCUT2D eigenvalue weighted by molar-refractivity contribution is -0.137. The molecule has 0 bridgehead atoms. The van der Waals surface area contributed by atoms with Crippen LogP contribution in [0.5, 0.6) is 0 Å². The van der Waals surface area contributed by atoms with Crippen molar-refractivity contribution < 1.29 is 27.5 Å². The molecule has 10 heteroatoms. The lowest BCUT2D eigenvalue weighted by Gasteiger charge is -2.13. The van der Waals surface area contributed by atoms with Crippen molar-refractivity contribution in [3.63, 3.8) is 0 Å². The molecule has 36 heavy (non-hydrogen) atoms. The first-order valence-electron chi connectivity index (χ1n) is 10.9. The van der Waals surface area contributed by atoms with Gasteiger partial charge in [0.05, 0.1) is 16.9 Å². The molecule has 0 fully saturated rings. The summed E-state index contributed by atoms with van der Waals surface area (Å²) in [6.07, 6.45) is -4.49. The number of aromatic nitrogens is 3. The molecular formula is C26H21ClF3N3O3. The summed E-state index contributed by atoms with van der Waals surface area (Å²) in [5.41, 5.74) is 1.74. The molecule has 6 nitrogen and oxygen atoms in total. The molecule has 2 aromatic carbocycles. The first kappa shape index (κ1) is 25.2. The minimum atomic E-state index is -4.49. The van der Waals surface area contributed by atoms with Crippen molar-refractivity contribution in [2.24, 2.45) is 0 Å². The monoisotopic (exact) mass is 515 g/mol. The molecule has 0 atom stereocenters. The first-order valence-corrected chi connectivity index (χ1v) is 11.2. The van der Waals surface area contributed by atoms with Gasteiger partial charge in [-0.3, -0.25) is 4.79 Å². The van der Waals surface area contributed by atoms with E-state index in [-0.39, 0.29) is 22.0 Å². The molecule has 4 rings (SSSR count). The van der Waals surface area contributed by atoms with Crippen LogP contribution in [0.15, 0.2) is 60.7 Å². The van der Waals surface area contributed by atoms with Gasteiger partial charge in [-0.15, -0.1) is 0 Å². The highest BCUT2D eigenvalue weighted by Crippen LogP contribution is 2.31. The van der Waals surface area contributed by atoms with Gasteiger partial charge < -0.3 is 9.30 Å². The van der Waals surface area contributed by atoms with Gasteiger partial charge in [-0.05, 0) is 57.2 Å². The number of benzene rings is 2. The minimum Gasteiger partial charge on any atom is -0.454 e. The van der Waals surface area contributed by atoms with E-state index >= 15 is 0 Å². The maximum Gasteiger partial charge on any atom is 0.416 e. The number of rotatable bonds is 6. The van der Waals surface area contributed by atoms with E-state index in [9.17, 15) is 22.8 Å². The number of aryl methyl sites for hydroxylation is 2. The van der Waals surface area contributed by atoms with E-state index < -0.39 is 30.1 Å². The summed E-state index contributed by atoms with van der Waals surface area (Å²) in [6.45, 7) is 4.33. The molecule has 0 saturated heterocycles. The van der Waals surface area contributed by atoms with Crippen molar-refractivity contribution >= 4 is 23.4 Å². The molecule has 0 aliphatic carbocycles. The van der Waals surface area contributed by atoms with Crippen LogP contribution in [0.1, 0.15) is 43.4 Å². The molecular weight excluding hydrogens is 495 g/mol. The van der Waals surface area contributed by atoms with Gasteiger partial charge in [0.15, 0.2) is 6.61 Å². The van der Waals surface area contributed by atoms with Crippen LogP contribution in [0.2, 0.25) is 5.15 Å². The number of ketones is 1.